The van der Waals surface area contributed by atoms with Gasteiger partial charge in [-0.25, -0.2) is 4.98 Å². The number of benzene rings is 1. The molecule has 0 spiro atoms. The minimum absolute atomic E-state index is 0.418. The topological polar surface area (TPSA) is 98.5 Å². The van der Waals surface area contributed by atoms with Gasteiger partial charge in [0.15, 0.2) is 0 Å². The number of thiazole rings is 1. The molecule has 1 heterocycles. The van der Waals surface area contributed by atoms with Crippen LogP contribution in [0.25, 0.3) is 0 Å². The molecule has 0 amide bonds. The number of anilines is 2. The number of hydrazone groups is 1. The summed E-state index contributed by atoms with van der Waals surface area (Å²) in [5, 5.41) is 6.49. The molecule has 0 atom stereocenters. The summed E-state index contributed by atoms with van der Waals surface area (Å²) in [4.78, 5) is 4.03. The van der Waals surface area contributed by atoms with Crippen LogP contribution in [0.1, 0.15) is 11.1 Å². The smallest absolute Gasteiger partial charge is 0.205 e. The van der Waals surface area contributed by atoms with Gasteiger partial charge in [0.25, 0.3) is 0 Å². The lowest BCUT2D eigenvalue weighted by Crippen LogP contribution is -2.01. The minimum atomic E-state index is 0.418. The van der Waals surface area contributed by atoms with E-state index in [4.69, 9.17) is 16.2 Å². The standard InChI is InChI=1S/C12H15N5OS/c1-18-10-3-2-8(4-9(10)5-13)6-15-17-12-16-11(14)7-19-12/h2-4,6-7H,5,13-14H2,1H3,(H,16,17). The molecule has 5 N–H and O–H groups in total. The third-order valence-electron chi connectivity index (χ3n) is 2.42. The second-order valence-electron chi connectivity index (χ2n) is 3.72. The summed E-state index contributed by atoms with van der Waals surface area (Å²) in [7, 11) is 1.62. The Morgan fingerprint density at radius 3 is 3.00 bits per heavy atom. The van der Waals surface area contributed by atoms with Crippen LogP contribution in [0.2, 0.25) is 0 Å². The van der Waals surface area contributed by atoms with Crippen molar-refractivity contribution in [3.8, 4) is 5.75 Å². The zero-order valence-electron chi connectivity index (χ0n) is 10.5. The molecule has 0 aliphatic rings. The van der Waals surface area contributed by atoms with Gasteiger partial charge in [-0.15, -0.1) is 11.3 Å². The molecule has 0 aliphatic heterocycles. The lowest BCUT2D eigenvalue weighted by atomic mass is 10.1. The summed E-state index contributed by atoms with van der Waals surface area (Å²) in [5.74, 6) is 1.26. The molecule has 0 unspecified atom stereocenters. The number of methoxy groups -OCH3 is 1. The van der Waals surface area contributed by atoms with Crippen molar-refractivity contribution >= 4 is 28.5 Å². The molecule has 0 aliphatic carbocycles. The second-order valence-corrected chi connectivity index (χ2v) is 4.58. The first-order valence-corrected chi connectivity index (χ1v) is 6.48. The highest BCUT2D eigenvalue weighted by atomic mass is 32.1. The van der Waals surface area contributed by atoms with Crippen LogP contribution in [0.15, 0.2) is 28.7 Å². The van der Waals surface area contributed by atoms with Gasteiger partial charge in [0.1, 0.15) is 11.6 Å². The van der Waals surface area contributed by atoms with Gasteiger partial charge in [-0.1, -0.05) is 0 Å². The monoisotopic (exact) mass is 277 g/mol. The lowest BCUT2D eigenvalue weighted by Gasteiger charge is -2.06. The quantitative estimate of drug-likeness (QED) is 0.570. The fraction of sp³-hybridized carbons (Fsp3) is 0.167. The van der Waals surface area contributed by atoms with Gasteiger partial charge in [0.2, 0.25) is 5.13 Å². The SMILES string of the molecule is COc1ccc(C=NNc2nc(N)cs2)cc1CN. The number of hydrogen-bond donors (Lipinski definition) is 3. The van der Waals surface area contributed by atoms with E-state index in [0.29, 0.717) is 17.5 Å². The van der Waals surface area contributed by atoms with Crippen molar-refractivity contribution < 1.29 is 4.74 Å². The zero-order valence-corrected chi connectivity index (χ0v) is 11.3. The van der Waals surface area contributed by atoms with Crippen molar-refractivity contribution in [1.29, 1.82) is 0 Å². The summed E-state index contributed by atoms with van der Waals surface area (Å²) in [5.41, 5.74) is 15.8. The number of nitrogen functional groups attached to an aromatic ring is 1. The van der Waals surface area contributed by atoms with E-state index in [0.717, 1.165) is 16.9 Å². The van der Waals surface area contributed by atoms with Gasteiger partial charge in [0.05, 0.1) is 13.3 Å². The van der Waals surface area contributed by atoms with E-state index in [2.05, 4.69) is 15.5 Å². The highest BCUT2D eigenvalue weighted by Gasteiger charge is 2.01. The van der Waals surface area contributed by atoms with Crippen LogP contribution in [-0.2, 0) is 6.54 Å². The summed E-state index contributed by atoms with van der Waals surface area (Å²) in [6.45, 7) is 0.418. The maximum Gasteiger partial charge on any atom is 0.205 e. The highest BCUT2D eigenvalue weighted by molar-refractivity contribution is 7.14. The van der Waals surface area contributed by atoms with Gasteiger partial charge in [-0.05, 0) is 23.8 Å². The number of rotatable bonds is 5. The summed E-state index contributed by atoms with van der Waals surface area (Å²) < 4.78 is 5.21. The van der Waals surface area contributed by atoms with E-state index < -0.39 is 0 Å². The molecule has 100 valence electrons. The van der Waals surface area contributed by atoms with Crippen molar-refractivity contribution in [2.45, 2.75) is 6.54 Å². The predicted octanol–water partition coefficient (Wildman–Crippen LogP) is 1.64. The van der Waals surface area contributed by atoms with Crippen molar-refractivity contribution in [3.05, 3.63) is 34.7 Å². The first kappa shape index (κ1) is 13.3. The van der Waals surface area contributed by atoms with Gasteiger partial charge >= 0.3 is 0 Å². The molecule has 6 nitrogen and oxygen atoms in total. The largest absolute Gasteiger partial charge is 0.496 e. The maximum absolute atomic E-state index is 5.66. The third kappa shape index (κ3) is 3.43. The molecule has 0 bridgehead atoms. The average Bonchev–Trinajstić information content (AvgIpc) is 2.84. The summed E-state index contributed by atoms with van der Waals surface area (Å²) in [6.07, 6.45) is 1.69. The number of ether oxygens (including phenoxy) is 1. The third-order valence-corrected chi connectivity index (χ3v) is 3.19. The van der Waals surface area contributed by atoms with Crippen LogP contribution < -0.4 is 21.6 Å². The molecule has 0 saturated carbocycles. The van der Waals surface area contributed by atoms with E-state index in [-0.39, 0.29) is 0 Å². The van der Waals surface area contributed by atoms with Crippen molar-refractivity contribution in [2.75, 3.05) is 18.3 Å². The second kappa shape index (κ2) is 6.17. The Kier molecular flexibility index (Phi) is 4.32. The number of nitrogens with two attached hydrogens (primary N) is 2. The molecule has 0 fully saturated rings. The molecular weight excluding hydrogens is 262 g/mol. The maximum atomic E-state index is 5.66. The number of nitrogens with one attached hydrogen (secondary N) is 1. The normalized spacial score (nSPS) is 10.8. The fourth-order valence-corrected chi connectivity index (χ4v) is 2.09. The first-order valence-electron chi connectivity index (χ1n) is 5.60. The van der Waals surface area contributed by atoms with Crippen molar-refractivity contribution in [3.63, 3.8) is 0 Å². The Morgan fingerprint density at radius 2 is 2.37 bits per heavy atom. The van der Waals surface area contributed by atoms with Crippen LogP contribution in [0.4, 0.5) is 10.9 Å². The molecule has 1 aromatic heterocycles. The van der Waals surface area contributed by atoms with E-state index in [1.54, 1.807) is 18.7 Å². The summed E-state index contributed by atoms with van der Waals surface area (Å²) >= 11 is 1.40. The van der Waals surface area contributed by atoms with E-state index >= 15 is 0 Å². The van der Waals surface area contributed by atoms with Crippen LogP contribution in [-0.4, -0.2) is 18.3 Å². The van der Waals surface area contributed by atoms with E-state index in [1.807, 2.05) is 18.2 Å². The predicted molar refractivity (Wildman–Crippen MR) is 78.6 cm³/mol. The molecule has 2 aromatic rings. The van der Waals surface area contributed by atoms with Crippen LogP contribution >= 0.6 is 11.3 Å². The molecule has 1 aromatic carbocycles. The Hall–Kier alpha value is -2.12. The minimum Gasteiger partial charge on any atom is -0.496 e. The molecule has 7 heteroatoms. The number of nitrogens with zero attached hydrogens (tertiary/aromatic N) is 2. The fourth-order valence-electron chi connectivity index (χ4n) is 1.54. The van der Waals surface area contributed by atoms with Crippen LogP contribution in [0.3, 0.4) is 0 Å². The Morgan fingerprint density at radius 1 is 1.53 bits per heavy atom. The molecule has 19 heavy (non-hydrogen) atoms. The van der Waals surface area contributed by atoms with Crippen LogP contribution in [0, 0.1) is 0 Å². The Balaban J connectivity index is 2.06. The summed E-state index contributed by atoms with van der Waals surface area (Å²) in [6, 6.07) is 5.70. The lowest BCUT2D eigenvalue weighted by molar-refractivity contribution is 0.410. The van der Waals surface area contributed by atoms with Gasteiger partial charge < -0.3 is 16.2 Å². The number of aromatic nitrogens is 1. The van der Waals surface area contributed by atoms with Gasteiger partial charge in [-0.3, -0.25) is 5.43 Å². The first-order chi connectivity index (χ1) is 9.22. The van der Waals surface area contributed by atoms with Crippen molar-refractivity contribution in [1.82, 2.24) is 4.98 Å². The molecule has 2 rings (SSSR count). The van der Waals surface area contributed by atoms with Gasteiger partial charge in [-0.2, -0.15) is 5.10 Å². The van der Waals surface area contributed by atoms with Gasteiger partial charge in [0, 0.05) is 17.5 Å². The molecule has 0 saturated heterocycles. The van der Waals surface area contributed by atoms with E-state index in [9.17, 15) is 0 Å². The van der Waals surface area contributed by atoms with Crippen LogP contribution in [0.5, 0.6) is 5.75 Å². The number of hydrogen-bond acceptors (Lipinski definition) is 7. The van der Waals surface area contributed by atoms with E-state index in [1.165, 1.54) is 11.3 Å². The molecule has 0 radical (unpaired) electrons. The Labute approximate surface area is 115 Å². The highest BCUT2D eigenvalue weighted by Crippen LogP contribution is 2.19. The average molecular weight is 277 g/mol. The molecular formula is C12H15N5OS. The zero-order chi connectivity index (χ0) is 13.7. The van der Waals surface area contributed by atoms with Crippen molar-refractivity contribution in [2.24, 2.45) is 10.8 Å². The Bertz CT molecular complexity index is 581.